The maximum Gasteiger partial charge on any atom is 0.472 e. The van der Waals surface area contributed by atoms with E-state index in [4.69, 9.17) is 29.4 Å². The molecule has 0 heterocycles. The average Bonchev–Trinajstić information content (AvgIpc) is 3.15. The zero-order valence-electron chi connectivity index (χ0n) is 34.1. The van der Waals surface area contributed by atoms with E-state index in [0.717, 1.165) is 83.5 Å². The van der Waals surface area contributed by atoms with Crippen molar-refractivity contribution in [3.8, 4) is 0 Å². The Balaban J connectivity index is 4.19. The number of nitrogens with two attached hydrogens (primary N) is 1. The summed E-state index contributed by atoms with van der Waals surface area (Å²) in [6, 6.07) is -1.48. The summed E-state index contributed by atoms with van der Waals surface area (Å²) in [5, 5.41) is 8.87. The predicted molar refractivity (Wildman–Crippen MR) is 221 cm³/mol. The van der Waals surface area contributed by atoms with E-state index in [0.29, 0.717) is 13.0 Å². The Labute approximate surface area is 329 Å². The fraction of sp³-hybridized carbons (Fsp3) is 0.767. The van der Waals surface area contributed by atoms with Crippen LogP contribution in [0.15, 0.2) is 48.6 Å². The maximum atomic E-state index is 12.5. The van der Waals surface area contributed by atoms with E-state index in [1.54, 1.807) is 0 Å². The van der Waals surface area contributed by atoms with Gasteiger partial charge in [-0.05, 0) is 70.6 Å². The number of hydrogen-bond donors (Lipinski definition) is 3. The first kappa shape index (κ1) is 51.9. The molecular formula is C43H78NO9P. The van der Waals surface area contributed by atoms with Crippen LogP contribution in [-0.4, -0.2) is 60.5 Å². The third-order valence-electron chi connectivity index (χ3n) is 8.81. The highest BCUT2D eigenvalue weighted by Crippen LogP contribution is 2.43. The lowest BCUT2D eigenvalue weighted by Gasteiger charge is -2.20. The van der Waals surface area contributed by atoms with Crippen molar-refractivity contribution in [1.29, 1.82) is 0 Å². The molecule has 11 heteroatoms. The molecule has 3 atom stereocenters. The summed E-state index contributed by atoms with van der Waals surface area (Å²) >= 11 is 0. The van der Waals surface area contributed by atoms with Crippen LogP contribution in [0.25, 0.3) is 0 Å². The number of phosphoric ester groups is 1. The van der Waals surface area contributed by atoms with Crippen LogP contribution in [0.2, 0.25) is 0 Å². The summed E-state index contributed by atoms with van der Waals surface area (Å²) in [5.41, 5.74) is 5.34. The number of ether oxygens (including phenoxy) is 2. The van der Waals surface area contributed by atoms with Gasteiger partial charge in [0, 0.05) is 13.0 Å². The SMILES string of the molecule is CCC/C=C\CCCCCCCC(=O)OC(COCCCCCCCCC/C=C\C/C=C\C/C=C\CCCCCCC)COP(=O)(O)OCC(N)C(=O)O. The Morgan fingerprint density at radius 3 is 1.61 bits per heavy atom. The number of hydrogen-bond acceptors (Lipinski definition) is 8. The van der Waals surface area contributed by atoms with Crippen LogP contribution in [0, 0.1) is 0 Å². The second-order valence-electron chi connectivity index (χ2n) is 14.1. The Morgan fingerprint density at radius 1 is 0.593 bits per heavy atom. The van der Waals surface area contributed by atoms with Gasteiger partial charge in [0.25, 0.3) is 0 Å². The molecule has 0 aliphatic heterocycles. The summed E-state index contributed by atoms with van der Waals surface area (Å²) in [6.07, 6.45) is 44.6. The quantitative estimate of drug-likeness (QED) is 0.0237. The lowest BCUT2D eigenvalue weighted by atomic mass is 10.1. The molecule has 0 rings (SSSR count). The van der Waals surface area contributed by atoms with Gasteiger partial charge in [0.1, 0.15) is 12.1 Å². The van der Waals surface area contributed by atoms with E-state index in [2.05, 4.69) is 62.5 Å². The fourth-order valence-electron chi connectivity index (χ4n) is 5.49. The van der Waals surface area contributed by atoms with E-state index in [1.807, 2.05) is 0 Å². The van der Waals surface area contributed by atoms with Gasteiger partial charge in [0.05, 0.1) is 19.8 Å². The second-order valence-corrected chi connectivity index (χ2v) is 15.6. The third-order valence-corrected chi connectivity index (χ3v) is 9.76. The fourth-order valence-corrected chi connectivity index (χ4v) is 6.27. The van der Waals surface area contributed by atoms with Gasteiger partial charge >= 0.3 is 19.8 Å². The number of unbranched alkanes of at least 4 members (excludes halogenated alkanes) is 18. The van der Waals surface area contributed by atoms with Crippen LogP contribution >= 0.6 is 7.82 Å². The minimum atomic E-state index is -4.62. The molecule has 10 nitrogen and oxygen atoms in total. The van der Waals surface area contributed by atoms with Gasteiger partial charge in [-0.15, -0.1) is 0 Å². The zero-order chi connectivity index (χ0) is 39.8. The number of carbonyl (C=O) groups excluding carboxylic acids is 1. The van der Waals surface area contributed by atoms with E-state index in [1.165, 1.54) is 64.2 Å². The highest BCUT2D eigenvalue weighted by atomic mass is 31.2. The Kier molecular flexibility index (Phi) is 37.7. The van der Waals surface area contributed by atoms with Crippen molar-refractivity contribution >= 4 is 19.8 Å². The van der Waals surface area contributed by atoms with Gasteiger partial charge in [-0.1, -0.05) is 146 Å². The molecule has 0 fully saturated rings. The first-order valence-corrected chi connectivity index (χ1v) is 22.7. The number of allylic oxidation sites excluding steroid dienone is 8. The summed E-state index contributed by atoms with van der Waals surface area (Å²) in [6.45, 7) is 3.76. The molecule has 0 aromatic carbocycles. The smallest absolute Gasteiger partial charge is 0.472 e. The summed E-state index contributed by atoms with van der Waals surface area (Å²) in [5.74, 6) is -1.80. The second kappa shape index (κ2) is 39.2. The van der Waals surface area contributed by atoms with E-state index >= 15 is 0 Å². The molecule has 0 amide bonds. The Bertz CT molecular complexity index is 1050. The summed E-state index contributed by atoms with van der Waals surface area (Å²) in [7, 11) is -4.62. The lowest BCUT2D eigenvalue weighted by Crippen LogP contribution is -2.34. The highest BCUT2D eigenvalue weighted by molar-refractivity contribution is 7.47. The number of carboxylic acids is 1. The van der Waals surface area contributed by atoms with Crippen molar-refractivity contribution in [2.75, 3.05) is 26.4 Å². The lowest BCUT2D eigenvalue weighted by molar-refractivity contribution is -0.154. The van der Waals surface area contributed by atoms with Gasteiger partial charge in [0.15, 0.2) is 0 Å². The van der Waals surface area contributed by atoms with Crippen molar-refractivity contribution in [2.45, 2.75) is 187 Å². The molecular weight excluding hydrogens is 705 g/mol. The van der Waals surface area contributed by atoms with Crippen molar-refractivity contribution < 1.29 is 42.7 Å². The van der Waals surface area contributed by atoms with Gasteiger partial charge in [-0.2, -0.15) is 0 Å². The maximum absolute atomic E-state index is 12.5. The molecule has 0 radical (unpaired) electrons. The van der Waals surface area contributed by atoms with Gasteiger partial charge in [-0.25, -0.2) is 4.57 Å². The predicted octanol–water partition coefficient (Wildman–Crippen LogP) is 11.5. The zero-order valence-corrected chi connectivity index (χ0v) is 35.0. The van der Waals surface area contributed by atoms with Crippen LogP contribution < -0.4 is 5.73 Å². The van der Waals surface area contributed by atoms with Crippen LogP contribution in [0.1, 0.15) is 174 Å². The molecule has 0 saturated heterocycles. The number of aliphatic carboxylic acids is 1. The van der Waals surface area contributed by atoms with E-state index in [9.17, 15) is 19.0 Å². The molecule has 0 saturated carbocycles. The molecule has 0 aliphatic rings. The topological polar surface area (TPSA) is 155 Å². The largest absolute Gasteiger partial charge is 0.480 e. The Morgan fingerprint density at radius 2 is 1.06 bits per heavy atom. The van der Waals surface area contributed by atoms with Crippen LogP contribution in [0.4, 0.5) is 0 Å². The van der Waals surface area contributed by atoms with E-state index < -0.39 is 45.1 Å². The van der Waals surface area contributed by atoms with E-state index in [-0.39, 0.29) is 13.0 Å². The summed E-state index contributed by atoms with van der Waals surface area (Å²) < 4.78 is 33.2. The number of carboxylic acid groups (broad SMARTS) is 1. The van der Waals surface area contributed by atoms with Crippen molar-refractivity contribution in [3.63, 3.8) is 0 Å². The molecule has 0 aromatic heterocycles. The van der Waals surface area contributed by atoms with Gasteiger partial charge in [0.2, 0.25) is 0 Å². The number of carbonyl (C=O) groups is 2. The first-order chi connectivity index (χ1) is 26.2. The van der Waals surface area contributed by atoms with Crippen LogP contribution in [0.3, 0.4) is 0 Å². The standard InChI is InChI=1S/C43H78NO9P/c1-3-5-7-9-11-13-15-16-17-18-19-20-21-22-23-24-25-26-28-30-32-34-36-50-37-40(38-51-54(48,49)52-39-41(44)43(46)47)53-42(45)35-33-31-29-27-14-12-10-8-6-4-2/h8,10,15-16,18-19,21-22,40-41H,3-7,9,11-14,17,20,23-39,44H2,1-2H3,(H,46,47)(H,48,49)/b10-8-,16-15-,19-18-,22-21-. The van der Waals surface area contributed by atoms with Crippen molar-refractivity contribution in [3.05, 3.63) is 48.6 Å². The summed E-state index contributed by atoms with van der Waals surface area (Å²) in [4.78, 5) is 33.4. The van der Waals surface area contributed by atoms with Gasteiger partial charge < -0.3 is 25.2 Å². The highest BCUT2D eigenvalue weighted by Gasteiger charge is 2.27. The monoisotopic (exact) mass is 784 g/mol. The molecule has 0 spiro atoms. The minimum Gasteiger partial charge on any atom is -0.480 e. The van der Waals surface area contributed by atoms with Crippen molar-refractivity contribution in [1.82, 2.24) is 0 Å². The molecule has 314 valence electrons. The average molecular weight is 784 g/mol. The number of phosphoric acid groups is 1. The number of rotatable bonds is 40. The molecule has 0 aliphatic carbocycles. The number of esters is 1. The third kappa shape index (κ3) is 38.2. The van der Waals surface area contributed by atoms with Gasteiger partial charge in [-0.3, -0.25) is 18.6 Å². The molecule has 4 N–H and O–H groups in total. The van der Waals surface area contributed by atoms with Crippen LogP contribution in [0.5, 0.6) is 0 Å². The first-order valence-electron chi connectivity index (χ1n) is 21.2. The molecule has 3 unspecified atom stereocenters. The van der Waals surface area contributed by atoms with Crippen molar-refractivity contribution in [2.24, 2.45) is 5.73 Å². The molecule has 54 heavy (non-hydrogen) atoms. The Hall–Kier alpha value is -2.07. The van der Waals surface area contributed by atoms with Crippen LogP contribution in [-0.2, 0) is 32.7 Å². The normalized spacial score (nSPS) is 14.4. The molecule has 0 aromatic rings. The minimum absolute atomic E-state index is 0.00550. The molecule has 0 bridgehead atoms.